The molecule has 0 atom stereocenters. The Hall–Kier alpha value is -1.25. The van der Waals surface area contributed by atoms with Gasteiger partial charge in [-0.15, -0.1) is 0 Å². The first kappa shape index (κ1) is 8.75. The van der Waals surface area contributed by atoms with Crippen LogP contribution in [-0.2, 0) is 14.3 Å². The molecule has 0 radical (unpaired) electrons. The zero-order valence-electron chi connectivity index (χ0n) is 6.03. The van der Waals surface area contributed by atoms with E-state index in [-0.39, 0.29) is 5.97 Å². The minimum absolute atomic E-state index is 0.331. The molecule has 0 aromatic rings. The normalized spacial score (nSPS) is 10.6. The van der Waals surface area contributed by atoms with Crippen LogP contribution in [0.1, 0.15) is 6.92 Å². The lowest BCUT2D eigenvalue weighted by Gasteiger charge is -1.87. The van der Waals surface area contributed by atoms with Crippen LogP contribution in [0.2, 0.25) is 0 Å². The summed E-state index contributed by atoms with van der Waals surface area (Å²) in [4.78, 5) is 10.1. The number of esters is 1. The van der Waals surface area contributed by atoms with Crippen molar-refractivity contribution in [1.82, 2.24) is 0 Å². The highest BCUT2D eigenvalue weighted by Gasteiger charge is 1.81. The smallest absolute Gasteiger partial charge is 0.307 e. The van der Waals surface area contributed by atoms with E-state index in [2.05, 4.69) is 9.47 Å². The Labute approximate surface area is 59.9 Å². The fourth-order valence-corrected chi connectivity index (χ4v) is 0.304. The first-order valence-electron chi connectivity index (χ1n) is 2.79. The number of hydrogen-bond acceptors (Lipinski definition) is 3. The molecule has 0 aromatic heterocycles. The van der Waals surface area contributed by atoms with Crippen LogP contribution in [0.15, 0.2) is 24.7 Å². The molecule has 0 unspecified atom stereocenters. The fraction of sp³-hybridized carbons (Fsp3) is 0.286. The molecule has 10 heavy (non-hydrogen) atoms. The Kier molecular flexibility index (Phi) is 5.14. The molecule has 0 spiro atoms. The third kappa shape index (κ3) is 6.75. The average molecular weight is 142 g/mol. The van der Waals surface area contributed by atoms with Crippen LogP contribution in [-0.4, -0.2) is 13.1 Å². The molecule has 56 valence electrons. The van der Waals surface area contributed by atoms with E-state index in [9.17, 15) is 4.79 Å². The van der Waals surface area contributed by atoms with E-state index < -0.39 is 0 Å². The molecule has 0 aliphatic heterocycles. The van der Waals surface area contributed by atoms with Crippen molar-refractivity contribution in [2.24, 2.45) is 0 Å². The summed E-state index contributed by atoms with van der Waals surface area (Å²) in [5.41, 5.74) is 0. The predicted octanol–water partition coefficient (Wildman–Crippen LogP) is 1.22. The van der Waals surface area contributed by atoms with Crippen LogP contribution >= 0.6 is 0 Å². The lowest BCUT2D eigenvalue weighted by Crippen LogP contribution is -1.88. The van der Waals surface area contributed by atoms with Gasteiger partial charge in [-0.2, -0.15) is 0 Å². The standard InChI is InChI=1S/C7H10O3/c1-7(8)10-6-4-3-5-9-2/h3-6H,1-2H3. The third-order valence-electron chi connectivity index (χ3n) is 0.638. The molecular weight excluding hydrogens is 132 g/mol. The monoisotopic (exact) mass is 142 g/mol. The second-order valence-electron chi connectivity index (χ2n) is 1.50. The first-order valence-corrected chi connectivity index (χ1v) is 2.79. The zero-order valence-corrected chi connectivity index (χ0v) is 6.03. The molecule has 3 heteroatoms. The van der Waals surface area contributed by atoms with Crippen molar-refractivity contribution in [3.8, 4) is 0 Å². The zero-order chi connectivity index (χ0) is 7.82. The Morgan fingerprint density at radius 2 is 1.90 bits per heavy atom. The molecule has 0 rings (SSSR count). The number of rotatable bonds is 3. The molecule has 0 bridgehead atoms. The van der Waals surface area contributed by atoms with Crippen molar-refractivity contribution in [3.63, 3.8) is 0 Å². The fourth-order valence-electron chi connectivity index (χ4n) is 0.304. The van der Waals surface area contributed by atoms with E-state index in [1.165, 1.54) is 26.6 Å². The van der Waals surface area contributed by atoms with E-state index in [1.807, 2.05) is 0 Å². The van der Waals surface area contributed by atoms with Gasteiger partial charge >= 0.3 is 5.97 Å². The van der Waals surface area contributed by atoms with Gasteiger partial charge in [-0.25, -0.2) is 0 Å². The molecule has 0 heterocycles. The second-order valence-corrected chi connectivity index (χ2v) is 1.50. The first-order chi connectivity index (χ1) is 4.77. The Balaban J connectivity index is 3.37. The summed E-state index contributed by atoms with van der Waals surface area (Å²) in [6, 6.07) is 0. The van der Waals surface area contributed by atoms with Crippen LogP contribution in [0.25, 0.3) is 0 Å². The number of allylic oxidation sites excluding steroid dienone is 2. The molecule has 0 amide bonds. The maximum Gasteiger partial charge on any atom is 0.307 e. The van der Waals surface area contributed by atoms with E-state index in [4.69, 9.17) is 0 Å². The van der Waals surface area contributed by atoms with E-state index in [1.54, 1.807) is 12.2 Å². The van der Waals surface area contributed by atoms with Crippen molar-refractivity contribution in [1.29, 1.82) is 0 Å². The maximum atomic E-state index is 10.1. The minimum Gasteiger partial charge on any atom is -0.504 e. The molecule has 0 saturated carbocycles. The van der Waals surface area contributed by atoms with E-state index in [0.717, 1.165) is 0 Å². The predicted molar refractivity (Wildman–Crippen MR) is 37.1 cm³/mol. The van der Waals surface area contributed by atoms with Gasteiger partial charge in [0.15, 0.2) is 0 Å². The lowest BCUT2D eigenvalue weighted by atomic mass is 10.6. The highest BCUT2D eigenvalue weighted by atomic mass is 16.5. The summed E-state index contributed by atoms with van der Waals surface area (Å²) in [5, 5.41) is 0. The van der Waals surface area contributed by atoms with Crippen LogP contribution in [0.5, 0.6) is 0 Å². The molecule has 3 nitrogen and oxygen atoms in total. The van der Waals surface area contributed by atoms with Crippen LogP contribution in [0.3, 0.4) is 0 Å². The Bertz CT molecular complexity index is 147. The molecule has 0 aromatic carbocycles. The van der Waals surface area contributed by atoms with Crippen molar-refractivity contribution < 1.29 is 14.3 Å². The van der Waals surface area contributed by atoms with Crippen molar-refractivity contribution in [2.45, 2.75) is 6.92 Å². The Morgan fingerprint density at radius 3 is 2.40 bits per heavy atom. The van der Waals surface area contributed by atoms with E-state index >= 15 is 0 Å². The Morgan fingerprint density at radius 1 is 1.30 bits per heavy atom. The highest BCUT2D eigenvalue weighted by Crippen LogP contribution is 1.80. The molecule has 0 fully saturated rings. The summed E-state index contributed by atoms with van der Waals surface area (Å²) in [5.74, 6) is -0.331. The number of carbonyl (C=O) groups excluding carboxylic acids is 1. The largest absolute Gasteiger partial charge is 0.504 e. The van der Waals surface area contributed by atoms with Gasteiger partial charge in [0.25, 0.3) is 0 Å². The number of hydrogen-bond donors (Lipinski definition) is 0. The molecule has 0 aliphatic carbocycles. The molecular formula is C7H10O3. The summed E-state index contributed by atoms with van der Waals surface area (Å²) < 4.78 is 9.04. The van der Waals surface area contributed by atoms with Gasteiger partial charge in [0.1, 0.15) is 0 Å². The number of ether oxygens (including phenoxy) is 2. The van der Waals surface area contributed by atoms with Crippen molar-refractivity contribution in [2.75, 3.05) is 7.11 Å². The average Bonchev–Trinajstić information content (AvgIpc) is 1.87. The van der Waals surface area contributed by atoms with E-state index in [0.29, 0.717) is 0 Å². The molecule has 0 N–H and O–H groups in total. The number of methoxy groups -OCH3 is 1. The molecule has 0 aliphatic rings. The van der Waals surface area contributed by atoms with Gasteiger partial charge in [-0.05, 0) is 12.2 Å². The summed E-state index contributed by atoms with van der Waals surface area (Å²) >= 11 is 0. The third-order valence-corrected chi connectivity index (χ3v) is 0.638. The highest BCUT2D eigenvalue weighted by molar-refractivity contribution is 5.66. The van der Waals surface area contributed by atoms with Crippen LogP contribution in [0.4, 0.5) is 0 Å². The quantitative estimate of drug-likeness (QED) is 0.337. The van der Waals surface area contributed by atoms with Gasteiger partial charge in [0, 0.05) is 6.92 Å². The van der Waals surface area contributed by atoms with Crippen molar-refractivity contribution in [3.05, 3.63) is 24.7 Å². The van der Waals surface area contributed by atoms with Gasteiger partial charge in [-0.3, -0.25) is 4.79 Å². The maximum absolute atomic E-state index is 10.1. The van der Waals surface area contributed by atoms with Gasteiger partial charge in [-0.1, -0.05) is 0 Å². The van der Waals surface area contributed by atoms with Gasteiger partial charge < -0.3 is 9.47 Å². The topological polar surface area (TPSA) is 35.5 Å². The molecule has 0 saturated heterocycles. The van der Waals surface area contributed by atoms with Gasteiger partial charge in [0.2, 0.25) is 0 Å². The van der Waals surface area contributed by atoms with Crippen molar-refractivity contribution >= 4 is 5.97 Å². The number of carbonyl (C=O) groups is 1. The van der Waals surface area contributed by atoms with Crippen LogP contribution < -0.4 is 0 Å². The summed E-state index contributed by atoms with van der Waals surface area (Å²) in [6.45, 7) is 1.34. The van der Waals surface area contributed by atoms with Crippen LogP contribution in [0, 0.1) is 0 Å². The van der Waals surface area contributed by atoms with Gasteiger partial charge in [0.05, 0.1) is 19.6 Å². The minimum atomic E-state index is -0.331. The summed E-state index contributed by atoms with van der Waals surface area (Å²) in [7, 11) is 1.54. The lowest BCUT2D eigenvalue weighted by molar-refractivity contribution is -0.135. The SMILES string of the molecule is COC=CC=COC(C)=O. The summed E-state index contributed by atoms with van der Waals surface area (Å²) in [6.07, 6.45) is 5.94. The second kappa shape index (κ2) is 5.88.